The van der Waals surface area contributed by atoms with E-state index in [2.05, 4.69) is 10.1 Å². The molecule has 0 radical (unpaired) electrons. The first-order chi connectivity index (χ1) is 8.72. The molecular weight excluding hydrogens is 248 g/mol. The highest BCUT2D eigenvalue weighted by atomic mass is 35.5. The fourth-order valence-corrected chi connectivity index (χ4v) is 2.03. The van der Waals surface area contributed by atoms with E-state index in [-0.39, 0.29) is 0 Å². The number of fused-ring (bicyclic) bond motifs is 1. The summed E-state index contributed by atoms with van der Waals surface area (Å²) in [5.74, 6) is 0.730. The number of halogens is 1. The summed E-state index contributed by atoms with van der Waals surface area (Å²) in [6.07, 6.45) is 2.41. The molecule has 4 nitrogen and oxygen atoms in total. The highest BCUT2D eigenvalue weighted by Gasteiger charge is 2.07. The van der Waals surface area contributed by atoms with Crippen molar-refractivity contribution >= 4 is 22.9 Å². The summed E-state index contributed by atoms with van der Waals surface area (Å²) >= 11 is 6.12. The molecule has 2 N–H and O–H groups in total. The molecule has 0 fully saturated rings. The van der Waals surface area contributed by atoms with Crippen molar-refractivity contribution < 1.29 is 0 Å². The van der Waals surface area contributed by atoms with Crippen LogP contribution in [0.25, 0.3) is 5.65 Å². The minimum atomic E-state index is 0.612. The first-order valence-corrected chi connectivity index (χ1v) is 5.94. The van der Waals surface area contributed by atoms with Gasteiger partial charge in [-0.3, -0.25) is 0 Å². The van der Waals surface area contributed by atoms with E-state index in [4.69, 9.17) is 17.3 Å². The summed E-state index contributed by atoms with van der Waals surface area (Å²) in [4.78, 5) is 4.42. The number of benzene rings is 1. The van der Waals surface area contributed by atoms with Crippen LogP contribution in [0.2, 0.25) is 5.02 Å². The van der Waals surface area contributed by atoms with Crippen molar-refractivity contribution in [2.24, 2.45) is 0 Å². The van der Waals surface area contributed by atoms with Crippen molar-refractivity contribution in [3.05, 3.63) is 59.0 Å². The van der Waals surface area contributed by atoms with Crippen molar-refractivity contribution in [1.82, 2.24) is 14.6 Å². The van der Waals surface area contributed by atoms with Gasteiger partial charge in [0.25, 0.3) is 0 Å². The van der Waals surface area contributed by atoms with Crippen molar-refractivity contribution in [1.29, 1.82) is 0 Å². The highest BCUT2D eigenvalue weighted by Crippen LogP contribution is 2.18. The standard InChI is InChI=1S/C13H11ClN4/c14-11-4-2-1-3-9(11)7-12-16-13-8-10(15)5-6-18(13)17-12/h1-6,8H,7,15H2. The number of nitrogens with zero attached hydrogens (tertiary/aromatic N) is 3. The van der Waals surface area contributed by atoms with Crippen LogP contribution in [0.3, 0.4) is 0 Å². The summed E-state index contributed by atoms with van der Waals surface area (Å²) in [7, 11) is 0. The van der Waals surface area contributed by atoms with Crippen LogP contribution >= 0.6 is 11.6 Å². The molecule has 0 saturated carbocycles. The second-order valence-electron chi connectivity index (χ2n) is 4.06. The molecule has 0 amide bonds. The third-order valence-electron chi connectivity index (χ3n) is 2.71. The number of hydrogen-bond donors (Lipinski definition) is 1. The van der Waals surface area contributed by atoms with Crippen LogP contribution in [0, 0.1) is 0 Å². The fourth-order valence-electron chi connectivity index (χ4n) is 1.83. The molecule has 0 atom stereocenters. The number of anilines is 1. The van der Waals surface area contributed by atoms with Crippen LogP contribution < -0.4 is 5.73 Å². The molecule has 0 unspecified atom stereocenters. The molecule has 0 spiro atoms. The van der Waals surface area contributed by atoms with E-state index in [0.29, 0.717) is 12.1 Å². The predicted octanol–water partition coefficient (Wildman–Crippen LogP) is 2.56. The number of pyridine rings is 1. The molecule has 0 aliphatic rings. The van der Waals surface area contributed by atoms with E-state index >= 15 is 0 Å². The van der Waals surface area contributed by atoms with Crippen molar-refractivity contribution in [3.63, 3.8) is 0 Å². The largest absolute Gasteiger partial charge is 0.399 e. The molecule has 0 bridgehead atoms. The van der Waals surface area contributed by atoms with Gasteiger partial charge < -0.3 is 5.73 Å². The Kier molecular flexibility index (Phi) is 2.64. The van der Waals surface area contributed by atoms with Crippen LogP contribution in [-0.2, 0) is 6.42 Å². The van der Waals surface area contributed by atoms with Gasteiger partial charge in [0.1, 0.15) is 0 Å². The van der Waals surface area contributed by atoms with Crippen LogP contribution in [-0.4, -0.2) is 14.6 Å². The molecule has 3 rings (SSSR count). The summed E-state index contributed by atoms with van der Waals surface area (Å²) in [5.41, 5.74) is 8.15. The van der Waals surface area contributed by atoms with Crippen LogP contribution in [0.5, 0.6) is 0 Å². The SMILES string of the molecule is Nc1ccn2nc(Cc3ccccc3Cl)nc2c1. The Balaban J connectivity index is 1.98. The average Bonchev–Trinajstić information content (AvgIpc) is 2.73. The van der Waals surface area contributed by atoms with Gasteiger partial charge in [-0.2, -0.15) is 5.10 Å². The van der Waals surface area contributed by atoms with Gasteiger partial charge in [0, 0.05) is 29.4 Å². The first-order valence-electron chi connectivity index (χ1n) is 5.56. The zero-order chi connectivity index (χ0) is 12.5. The average molecular weight is 259 g/mol. The van der Waals surface area contributed by atoms with Gasteiger partial charge in [0.05, 0.1) is 0 Å². The topological polar surface area (TPSA) is 56.2 Å². The monoisotopic (exact) mass is 258 g/mol. The summed E-state index contributed by atoms with van der Waals surface area (Å²) in [5, 5.41) is 5.11. The zero-order valence-electron chi connectivity index (χ0n) is 9.55. The quantitative estimate of drug-likeness (QED) is 0.769. The second-order valence-corrected chi connectivity index (χ2v) is 4.47. The number of aromatic nitrogens is 3. The third-order valence-corrected chi connectivity index (χ3v) is 3.08. The maximum atomic E-state index is 6.12. The lowest BCUT2D eigenvalue weighted by atomic mass is 10.1. The Labute approximate surface area is 109 Å². The van der Waals surface area contributed by atoms with E-state index in [1.165, 1.54) is 0 Å². The number of hydrogen-bond acceptors (Lipinski definition) is 3. The minimum absolute atomic E-state index is 0.612. The molecule has 2 heterocycles. The summed E-state index contributed by atoms with van der Waals surface area (Å²) < 4.78 is 1.71. The van der Waals surface area contributed by atoms with Crippen molar-refractivity contribution in [3.8, 4) is 0 Å². The lowest BCUT2D eigenvalue weighted by Crippen LogP contribution is -1.93. The maximum Gasteiger partial charge on any atom is 0.157 e. The Morgan fingerprint density at radius 2 is 2.06 bits per heavy atom. The van der Waals surface area contributed by atoms with E-state index in [1.54, 1.807) is 22.8 Å². The van der Waals surface area contributed by atoms with Crippen LogP contribution in [0.1, 0.15) is 11.4 Å². The van der Waals surface area contributed by atoms with Gasteiger partial charge in [-0.25, -0.2) is 9.50 Å². The third kappa shape index (κ3) is 2.02. The van der Waals surface area contributed by atoms with Crippen molar-refractivity contribution in [2.75, 3.05) is 5.73 Å². The van der Waals surface area contributed by atoms with Gasteiger partial charge in [-0.1, -0.05) is 29.8 Å². The smallest absolute Gasteiger partial charge is 0.157 e. The minimum Gasteiger partial charge on any atom is -0.399 e. The lowest BCUT2D eigenvalue weighted by molar-refractivity contribution is 0.900. The molecule has 18 heavy (non-hydrogen) atoms. The van der Waals surface area contributed by atoms with Crippen LogP contribution in [0.15, 0.2) is 42.6 Å². The maximum absolute atomic E-state index is 6.12. The fraction of sp³-hybridized carbons (Fsp3) is 0.0769. The number of rotatable bonds is 2. The molecule has 0 aliphatic carbocycles. The molecule has 2 aromatic heterocycles. The van der Waals surface area contributed by atoms with Crippen molar-refractivity contribution in [2.45, 2.75) is 6.42 Å². The van der Waals surface area contributed by atoms with Crippen LogP contribution in [0.4, 0.5) is 5.69 Å². The first kappa shape index (κ1) is 11.0. The molecule has 0 aliphatic heterocycles. The molecular formula is C13H11ClN4. The Bertz CT molecular complexity index is 705. The Morgan fingerprint density at radius 3 is 2.89 bits per heavy atom. The second kappa shape index (κ2) is 4.31. The summed E-state index contributed by atoms with van der Waals surface area (Å²) in [6, 6.07) is 11.3. The van der Waals surface area contributed by atoms with E-state index in [0.717, 1.165) is 22.1 Å². The van der Waals surface area contributed by atoms with E-state index in [9.17, 15) is 0 Å². The normalized spacial score (nSPS) is 10.9. The number of nitrogen functional groups attached to an aromatic ring is 1. The molecule has 3 aromatic rings. The predicted molar refractivity (Wildman–Crippen MR) is 71.7 cm³/mol. The zero-order valence-corrected chi connectivity index (χ0v) is 10.3. The Hall–Kier alpha value is -2.07. The highest BCUT2D eigenvalue weighted by molar-refractivity contribution is 6.31. The van der Waals surface area contributed by atoms with Gasteiger partial charge in [-0.05, 0) is 17.7 Å². The summed E-state index contributed by atoms with van der Waals surface area (Å²) in [6.45, 7) is 0. The molecule has 0 saturated heterocycles. The molecule has 1 aromatic carbocycles. The van der Waals surface area contributed by atoms with Gasteiger partial charge in [0.2, 0.25) is 0 Å². The molecule has 90 valence electrons. The number of nitrogens with two attached hydrogens (primary N) is 1. The van der Waals surface area contributed by atoms with Gasteiger partial charge >= 0.3 is 0 Å². The van der Waals surface area contributed by atoms with E-state index in [1.807, 2.05) is 24.3 Å². The van der Waals surface area contributed by atoms with Gasteiger partial charge in [-0.15, -0.1) is 0 Å². The van der Waals surface area contributed by atoms with Gasteiger partial charge in [0.15, 0.2) is 11.5 Å². The Morgan fingerprint density at radius 1 is 1.22 bits per heavy atom. The lowest BCUT2D eigenvalue weighted by Gasteiger charge is -1.99. The van der Waals surface area contributed by atoms with E-state index < -0.39 is 0 Å². The molecule has 5 heteroatoms.